The molecule has 0 amide bonds. The van der Waals surface area contributed by atoms with Gasteiger partial charge in [-0.25, -0.2) is 4.98 Å². The first-order valence-corrected chi connectivity index (χ1v) is 14.7. The van der Waals surface area contributed by atoms with Crippen LogP contribution in [-0.2, 0) is 0 Å². The standard InChI is InChI=1S/C41H26N2/c42-36-23-31-20-27(18-19-29(31)24-43-36)30-21-28-14-9-17-34-37(28)35(22-30)41-39(26-12-5-2-6-13-26)33-16-8-7-15-32(33)38(40(34)41)25-10-3-1-4-11-25/h1-24H,(H2,42,43). The van der Waals surface area contributed by atoms with Crippen LogP contribution in [0.25, 0.3) is 88.0 Å². The summed E-state index contributed by atoms with van der Waals surface area (Å²) in [6, 6.07) is 50.7. The monoisotopic (exact) mass is 546 g/mol. The van der Waals surface area contributed by atoms with Crippen molar-refractivity contribution in [3.8, 4) is 55.6 Å². The van der Waals surface area contributed by atoms with Crippen LogP contribution < -0.4 is 5.73 Å². The Balaban J connectivity index is 1.44. The molecule has 0 unspecified atom stereocenters. The van der Waals surface area contributed by atoms with Gasteiger partial charge in [0.15, 0.2) is 0 Å². The van der Waals surface area contributed by atoms with Gasteiger partial charge in [0.25, 0.3) is 0 Å². The first-order chi connectivity index (χ1) is 21.2. The van der Waals surface area contributed by atoms with E-state index in [1.54, 1.807) is 0 Å². The van der Waals surface area contributed by atoms with E-state index in [0.717, 1.165) is 10.8 Å². The number of anilines is 1. The quantitative estimate of drug-likeness (QED) is 0.239. The number of rotatable bonds is 3. The molecular formula is C41H26N2. The van der Waals surface area contributed by atoms with Crippen LogP contribution >= 0.6 is 0 Å². The molecule has 0 spiro atoms. The van der Waals surface area contributed by atoms with E-state index >= 15 is 0 Å². The van der Waals surface area contributed by atoms with Crippen LogP contribution in [0.15, 0.2) is 146 Å². The Morgan fingerprint density at radius 2 is 1.02 bits per heavy atom. The number of hydrogen-bond donors (Lipinski definition) is 1. The maximum Gasteiger partial charge on any atom is 0.123 e. The number of nitrogen functional groups attached to an aromatic ring is 1. The summed E-state index contributed by atoms with van der Waals surface area (Å²) in [6.45, 7) is 0. The number of nitrogens with zero attached hydrogens (tertiary/aromatic N) is 1. The highest BCUT2D eigenvalue weighted by molar-refractivity contribution is 6.28. The minimum atomic E-state index is 0.535. The Labute approximate surface area is 249 Å². The third kappa shape index (κ3) is 3.57. The van der Waals surface area contributed by atoms with Crippen LogP contribution in [0, 0.1) is 0 Å². The Morgan fingerprint density at radius 3 is 1.72 bits per heavy atom. The highest BCUT2D eigenvalue weighted by atomic mass is 14.8. The fourth-order valence-corrected chi connectivity index (χ4v) is 7.12. The molecule has 1 heterocycles. The molecule has 2 N–H and O–H groups in total. The lowest BCUT2D eigenvalue weighted by atomic mass is 9.82. The van der Waals surface area contributed by atoms with Crippen molar-refractivity contribution >= 4 is 38.1 Å². The number of pyridine rings is 1. The molecule has 1 aromatic heterocycles. The van der Waals surface area contributed by atoms with Gasteiger partial charge in [-0.05, 0) is 107 Å². The van der Waals surface area contributed by atoms with Gasteiger partial charge in [0.1, 0.15) is 5.82 Å². The van der Waals surface area contributed by atoms with Crippen LogP contribution in [0.3, 0.4) is 0 Å². The molecule has 0 atom stereocenters. The van der Waals surface area contributed by atoms with Gasteiger partial charge >= 0.3 is 0 Å². The lowest BCUT2D eigenvalue weighted by molar-refractivity contribution is 1.37. The van der Waals surface area contributed by atoms with Crippen molar-refractivity contribution < 1.29 is 0 Å². The Hall–Kier alpha value is -5.73. The van der Waals surface area contributed by atoms with Gasteiger partial charge in [-0.15, -0.1) is 0 Å². The van der Waals surface area contributed by atoms with Crippen molar-refractivity contribution in [2.75, 3.05) is 5.73 Å². The molecular weight excluding hydrogens is 520 g/mol. The summed E-state index contributed by atoms with van der Waals surface area (Å²) in [5.74, 6) is 0.535. The van der Waals surface area contributed by atoms with Crippen LogP contribution in [0.1, 0.15) is 0 Å². The van der Waals surface area contributed by atoms with E-state index in [4.69, 9.17) is 5.73 Å². The van der Waals surface area contributed by atoms with Crippen molar-refractivity contribution in [1.82, 2.24) is 4.98 Å². The molecule has 43 heavy (non-hydrogen) atoms. The zero-order chi connectivity index (χ0) is 28.5. The second kappa shape index (κ2) is 9.14. The van der Waals surface area contributed by atoms with Gasteiger partial charge in [0, 0.05) is 11.6 Å². The fraction of sp³-hybridized carbons (Fsp3) is 0. The lowest BCUT2D eigenvalue weighted by Crippen LogP contribution is -1.93. The van der Waals surface area contributed by atoms with E-state index in [2.05, 4.69) is 138 Å². The second-order valence-corrected chi connectivity index (χ2v) is 11.4. The number of aromatic nitrogens is 1. The van der Waals surface area contributed by atoms with Crippen molar-refractivity contribution in [2.45, 2.75) is 0 Å². The zero-order valence-electron chi connectivity index (χ0n) is 23.4. The molecule has 0 saturated carbocycles. The zero-order valence-corrected chi connectivity index (χ0v) is 23.4. The highest BCUT2D eigenvalue weighted by Crippen LogP contribution is 2.58. The molecule has 0 fully saturated rings. The van der Waals surface area contributed by atoms with Crippen LogP contribution in [0.5, 0.6) is 0 Å². The molecule has 9 rings (SSSR count). The molecule has 0 radical (unpaired) electrons. The summed E-state index contributed by atoms with van der Waals surface area (Å²) in [6.07, 6.45) is 1.85. The molecule has 1 aliphatic rings. The third-order valence-corrected chi connectivity index (χ3v) is 8.93. The van der Waals surface area contributed by atoms with Crippen molar-refractivity contribution in [3.05, 3.63) is 146 Å². The minimum absolute atomic E-state index is 0.535. The minimum Gasteiger partial charge on any atom is -0.384 e. The van der Waals surface area contributed by atoms with Gasteiger partial charge < -0.3 is 5.73 Å². The fourth-order valence-electron chi connectivity index (χ4n) is 7.12. The lowest BCUT2D eigenvalue weighted by Gasteiger charge is -2.20. The summed E-state index contributed by atoms with van der Waals surface area (Å²) in [5, 5.41) is 7.29. The molecule has 0 saturated heterocycles. The van der Waals surface area contributed by atoms with E-state index < -0.39 is 0 Å². The Kier molecular flexibility index (Phi) is 5.08. The molecule has 2 heteroatoms. The second-order valence-electron chi connectivity index (χ2n) is 11.4. The predicted octanol–water partition coefficient (Wildman–Crippen LogP) is 10.8. The Morgan fingerprint density at radius 1 is 0.395 bits per heavy atom. The first-order valence-electron chi connectivity index (χ1n) is 14.7. The number of benzene rings is 7. The number of nitrogens with two attached hydrogens (primary N) is 1. The smallest absolute Gasteiger partial charge is 0.123 e. The number of fused-ring (bicyclic) bond motifs is 5. The van der Waals surface area contributed by atoms with E-state index in [1.807, 2.05) is 12.3 Å². The van der Waals surface area contributed by atoms with Crippen molar-refractivity contribution in [1.29, 1.82) is 0 Å². The van der Waals surface area contributed by atoms with E-state index in [0.29, 0.717) is 5.82 Å². The first kappa shape index (κ1) is 23.9. The molecule has 8 aromatic rings. The predicted molar refractivity (Wildman–Crippen MR) is 182 cm³/mol. The number of hydrogen-bond acceptors (Lipinski definition) is 2. The third-order valence-electron chi connectivity index (χ3n) is 8.93. The topological polar surface area (TPSA) is 38.9 Å². The van der Waals surface area contributed by atoms with Crippen LogP contribution in [0.2, 0.25) is 0 Å². The summed E-state index contributed by atoms with van der Waals surface area (Å²) in [4.78, 5) is 4.28. The molecule has 0 bridgehead atoms. The average Bonchev–Trinajstić information content (AvgIpc) is 3.38. The van der Waals surface area contributed by atoms with Gasteiger partial charge in [-0.2, -0.15) is 0 Å². The maximum absolute atomic E-state index is 6.06. The van der Waals surface area contributed by atoms with Crippen LogP contribution in [-0.4, -0.2) is 4.98 Å². The summed E-state index contributed by atoms with van der Waals surface area (Å²) in [7, 11) is 0. The Bertz CT molecular complexity index is 2390. The molecule has 2 nitrogen and oxygen atoms in total. The highest BCUT2D eigenvalue weighted by Gasteiger charge is 2.30. The van der Waals surface area contributed by atoms with E-state index in [-0.39, 0.29) is 0 Å². The van der Waals surface area contributed by atoms with Gasteiger partial charge in [0.05, 0.1) is 0 Å². The van der Waals surface area contributed by atoms with Crippen molar-refractivity contribution in [3.63, 3.8) is 0 Å². The van der Waals surface area contributed by atoms with Gasteiger partial charge in [-0.3, -0.25) is 0 Å². The summed E-state index contributed by atoms with van der Waals surface area (Å²) < 4.78 is 0. The van der Waals surface area contributed by atoms with E-state index in [1.165, 1.54) is 77.2 Å². The van der Waals surface area contributed by atoms with Gasteiger partial charge in [-0.1, -0.05) is 115 Å². The maximum atomic E-state index is 6.06. The SMILES string of the molecule is Nc1cc2cc(-c3cc4c5c(cccc5c3)-c3c-4c(-c4ccccc4)c4ccccc4c3-c3ccccc3)ccc2cn1. The van der Waals surface area contributed by atoms with Gasteiger partial charge in [0.2, 0.25) is 0 Å². The molecule has 200 valence electrons. The van der Waals surface area contributed by atoms with Crippen molar-refractivity contribution in [2.24, 2.45) is 0 Å². The summed E-state index contributed by atoms with van der Waals surface area (Å²) in [5.41, 5.74) is 18.7. The average molecular weight is 547 g/mol. The van der Waals surface area contributed by atoms with E-state index in [9.17, 15) is 0 Å². The summed E-state index contributed by atoms with van der Waals surface area (Å²) >= 11 is 0. The molecule has 1 aliphatic carbocycles. The normalized spacial score (nSPS) is 11.8. The van der Waals surface area contributed by atoms with Crippen LogP contribution in [0.4, 0.5) is 5.82 Å². The molecule has 7 aromatic carbocycles. The largest absolute Gasteiger partial charge is 0.384 e. The molecule has 0 aliphatic heterocycles.